The van der Waals surface area contributed by atoms with Crippen LogP contribution in [0.15, 0.2) is 63.0 Å². The molecule has 1 aromatic heterocycles. The molecule has 11 heteroatoms. The second kappa shape index (κ2) is 10.2. The topological polar surface area (TPSA) is 114 Å². The van der Waals surface area contributed by atoms with Gasteiger partial charge in [-0.1, -0.05) is 18.2 Å². The van der Waals surface area contributed by atoms with E-state index >= 15 is 0 Å². The summed E-state index contributed by atoms with van der Waals surface area (Å²) < 4.78 is 29.2. The summed E-state index contributed by atoms with van der Waals surface area (Å²) in [5.74, 6) is -0.436. The Hall–Kier alpha value is -3.44. The molecule has 0 atom stereocenters. The largest absolute Gasteiger partial charge is 0.370 e. The molecule has 3 aromatic rings. The molecule has 34 heavy (non-hydrogen) atoms. The Labute approximate surface area is 198 Å². The summed E-state index contributed by atoms with van der Waals surface area (Å²) in [4.78, 5) is 39.0. The Balaban J connectivity index is 1.70. The highest BCUT2D eigenvalue weighted by molar-refractivity contribution is 7.89. The number of rotatable bonds is 9. The van der Waals surface area contributed by atoms with Crippen LogP contribution in [0.2, 0.25) is 0 Å². The molecule has 0 fully saturated rings. The number of amides is 1. The van der Waals surface area contributed by atoms with Gasteiger partial charge in [-0.15, -0.1) is 0 Å². The van der Waals surface area contributed by atoms with Crippen LogP contribution in [0, 0.1) is 0 Å². The highest BCUT2D eigenvalue weighted by Gasteiger charge is 2.24. The second-order valence-electron chi connectivity index (χ2n) is 7.91. The zero-order valence-electron chi connectivity index (χ0n) is 19.7. The molecule has 1 N–H and O–H groups in total. The summed E-state index contributed by atoms with van der Waals surface area (Å²) in [6.07, 6.45) is 0. The molecule has 0 spiro atoms. The Morgan fingerprint density at radius 1 is 1.03 bits per heavy atom. The smallest absolute Gasteiger partial charge is 0.330 e. The third-order valence-corrected chi connectivity index (χ3v) is 7.52. The number of anilines is 1. The van der Waals surface area contributed by atoms with Crippen LogP contribution in [0.1, 0.15) is 6.92 Å². The molecule has 0 aliphatic carbocycles. The Morgan fingerprint density at radius 3 is 2.35 bits per heavy atom. The van der Waals surface area contributed by atoms with Gasteiger partial charge in [-0.2, -0.15) is 4.31 Å². The average Bonchev–Trinajstić information content (AvgIpc) is 2.84. The maximum atomic E-state index is 13.0. The molecule has 1 amide bonds. The maximum absolute atomic E-state index is 13.0. The zero-order chi connectivity index (χ0) is 25.0. The van der Waals surface area contributed by atoms with Gasteiger partial charge < -0.3 is 10.2 Å². The molecular weight excluding hydrogens is 458 g/mol. The first-order valence-corrected chi connectivity index (χ1v) is 12.2. The van der Waals surface area contributed by atoms with Crippen molar-refractivity contribution in [1.29, 1.82) is 0 Å². The van der Waals surface area contributed by atoms with E-state index in [-0.39, 0.29) is 16.8 Å². The predicted molar refractivity (Wildman–Crippen MR) is 132 cm³/mol. The minimum atomic E-state index is -4.04. The number of hydrogen-bond acceptors (Lipinski definition) is 6. The second-order valence-corrected chi connectivity index (χ2v) is 9.96. The van der Waals surface area contributed by atoms with Crippen LogP contribution >= 0.6 is 0 Å². The number of aryl methyl sites for hydroxylation is 1. The zero-order valence-corrected chi connectivity index (χ0v) is 20.5. The van der Waals surface area contributed by atoms with Crippen molar-refractivity contribution < 1.29 is 13.2 Å². The lowest BCUT2D eigenvalue weighted by molar-refractivity contribution is -0.121. The molecule has 0 radical (unpaired) electrons. The van der Waals surface area contributed by atoms with E-state index in [1.165, 1.54) is 43.9 Å². The number of likely N-dealkylation sites (N-methyl/N-ethyl adjacent to an activating group) is 2. The summed E-state index contributed by atoms with van der Waals surface area (Å²) in [6, 6.07) is 13.8. The van der Waals surface area contributed by atoms with Crippen molar-refractivity contribution >= 4 is 32.5 Å². The third kappa shape index (κ3) is 5.05. The number of sulfonamides is 1. The molecule has 10 nitrogen and oxygen atoms in total. The van der Waals surface area contributed by atoms with Crippen LogP contribution < -0.4 is 21.5 Å². The predicted octanol–water partition coefficient (Wildman–Crippen LogP) is 0.500. The van der Waals surface area contributed by atoms with Crippen LogP contribution in [0.5, 0.6) is 0 Å². The molecule has 0 saturated carbocycles. The molecule has 1 heterocycles. The van der Waals surface area contributed by atoms with Gasteiger partial charge in [0.25, 0.3) is 5.56 Å². The summed E-state index contributed by atoms with van der Waals surface area (Å²) >= 11 is 0. The van der Waals surface area contributed by atoms with Gasteiger partial charge in [0, 0.05) is 46.5 Å². The van der Waals surface area contributed by atoms with Crippen molar-refractivity contribution in [3.05, 3.63) is 69.4 Å². The fourth-order valence-electron chi connectivity index (χ4n) is 3.70. The lowest BCUT2D eigenvalue weighted by Crippen LogP contribution is -2.41. The van der Waals surface area contributed by atoms with Gasteiger partial charge in [0.1, 0.15) is 0 Å². The van der Waals surface area contributed by atoms with Crippen LogP contribution in [0.3, 0.4) is 0 Å². The minimum Gasteiger partial charge on any atom is -0.370 e. The molecule has 0 aliphatic heterocycles. The lowest BCUT2D eigenvalue weighted by atomic mass is 10.2. The van der Waals surface area contributed by atoms with Crippen molar-refractivity contribution in [3.8, 4) is 0 Å². The maximum Gasteiger partial charge on any atom is 0.330 e. The normalized spacial score (nSPS) is 11.7. The van der Waals surface area contributed by atoms with Gasteiger partial charge in [0.2, 0.25) is 15.9 Å². The number of nitrogens with zero attached hydrogens (tertiary/aromatic N) is 4. The van der Waals surface area contributed by atoms with Crippen molar-refractivity contribution in [2.45, 2.75) is 11.8 Å². The quantitative estimate of drug-likeness (QED) is 0.470. The van der Waals surface area contributed by atoms with Gasteiger partial charge in [-0.05, 0) is 37.3 Å². The van der Waals surface area contributed by atoms with Gasteiger partial charge in [0.15, 0.2) is 0 Å². The van der Waals surface area contributed by atoms with Crippen LogP contribution in [-0.4, -0.2) is 61.0 Å². The third-order valence-electron chi connectivity index (χ3n) is 5.72. The fraction of sp³-hybridized carbons (Fsp3) is 0.348. The molecular formula is C23H29N5O5S. The summed E-state index contributed by atoms with van der Waals surface area (Å²) in [7, 11) is 0.104. The molecule has 0 unspecified atom stereocenters. The Kier molecular flexibility index (Phi) is 7.57. The van der Waals surface area contributed by atoms with E-state index in [0.29, 0.717) is 18.6 Å². The molecule has 3 rings (SSSR count). The van der Waals surface area contributed by atoms with Gasteiger partial charge in [0.05, 0.1) is 22.3 Å². The first-order valence-electron chi connectivity index (χ1n) is 10.8. The molecule has 2 aromatic carbocycles. The van der Waals surface area contributed by atoms with E-state index in [9.17, 15) is 22.8 Å². The van der Waals surface area contributed by atoms with Gasteiger partial charge >= 0.3 is 5.69 Å². The number of hydrogen-bond donors (Lipinski definition) is 1. The SMILES string of the molecule is CCN(CCNC(=O)CN(C)S(=O)(=O)c1ccc2c(c1)c(=O)n(C)c(=O)n2C)c1ccccc1. The highest BCUT2D eigenvalue weighted by Crippen LogP contribution is 2.18. The van der Waals surface area contributed by atoms with E-state index in [2.05, 4.69) is 10.2 Å². The first kappa shape index (κ1) is 25.2. The number of carbonyl (C=O) groups excluding carboxylic acids is 1. The van der Waals surface area contributed by atoms with E-state index in [0.717, 1.165) is 21.1 Å². The van der Waals surface area contributed by atoms with E-state index < -0.39 is 27.2 Å². The van der Waals surface area contributed by atoms with E-state index in [1.54, 1.807) is 0 Å². The van der Waals surface area contributed by atoms with Gasteiger partial charge in [-0.3, -0.25) is 18.7 Å². The number of aromatic nitrogens is 2. The lowest BCUT2D eigenvalue weighted by Gasteiger charge is -2.23. The molecule has 0 saturated heterocycles. The molecule has 182 valence electrons. The van der Waals surface area contributed by atoms with Crippen molar-refractivity contribution in [2.75, 3.05) is 38.1 Å². The summed E-state index contributed by atoms with van der Waals surface area (Å²) in [5, 5.41) is 2.85. The average molecular weight is 488 g/mol. The first-order chi connectivity index (χ1) is 16.1. The summed E-state index contributed by atoms with van der Waals surface area (Å²) in [5.41, 5.74) is 0.274. The highest BCUT2D eigenvalue weighted by atomic mass is 32.2. The number of carbonyl (C=O) groups is 1. The minimum absolute atomic E-state index is 0.101. The van der Waals surface area contributed by atoms with E-state index in [4.69, 9.17) is 0 Å². The van der Waals surface area contributed by atoms with Crippen LogP contribution in [0.25, 0.3) is 10.9 Å². The Morgan fingerprint density at radius 2 is 1.71 bits per heavy atom. The van der Waals surface area contributed by atoms with Crippen molar-refractivity contribution in [2.24, 2.45) is 14.1 Å². The Bertz CT molecular complexity index is 1410. The van der Waals surface area contributed by atoms with Crippen LogP contribution in [-0.2, 0) is 28.9 Å². The molecule has 0 aliphatic rings. The van der Waals surface area contributed by atoms with Gasteiger partial charge in [-0.25, -0.2) is 13.2 Å². The number of nitrogens with one attached hydrogen (secondary N) is 1. The number of benzene rings is 2. The number of fused-ring (bicyclic) bond motifs is 1. The standard InChI is InChI=1S/C23H29N5O5S/c1-5-28(17-9-7-6-8-10-17)14-13-24-21(29)16-25(2)34(32,33)18-11-12-20-19(15-18)22(30)27(4)23(31)26(20)3/h6-12,15H,5,13-14,16H2,1-4H3,(H,24,29). The van der Waals surface area contributed by atoms with Crippen molar-refractivity contribution in [3.63, 3.8) is 0 Å². The summed E-state index contributed by atoms with van der Waals surface area (Å²) in [6.45, 7) is 3.35. The monoisotopic (exact) mass is 487 g/mol. The van der Waals surface area contributed by atoms with Crippen LogP contribution in [0.4, 0.5) is 5.69 Å². The number of para-hydroxylation sites is 1. The van der Waals surface area contributed by atoms with E-state index in [1.807, 2.05) is 37.3 Å². The fourth-order valence-corrected chi connectivity index (χ4v) is 4.85. The molecule has 0 bridgehead atoms. The van der Waals surface area contributed by atoms with Crippen molar-refractivity contribution in [1.82, 2.24) is 18.8 Å².